The molecule has 0 atom stereocenters. The molecule has 2 aliphatic carbocycles. The van der Waals surface area contributed by atoms with Crippen LogP contribution in [0.4, 0.5) is 21.6 Å². The van der Waals surface area contributed by atoms with E-state index in [9.17, 15) is 14.0 Å². The number of hydrogen-bond acceptors (Lipinski definition) is 7. The summed E-state index contributed by atoms with van der Waals surface area (Å²) in [5.74, 6) is -0.468. The quantitative estimate of drug-likeness (QED) is 0.246. The SMILES string of the molecule is Cc1ccc(Nc2c(C(=O)NC3CC3)c(Oc3cccc(NSN(C)C4CC4)c3Cl)c(C)c(=O)n2C)c(F)c1. The molecule has 3 N–H and O–H groups in total. The molecule has 39 heavy (non-hydrogen) atoms. The summed E-state index contributed by atoms with van der Waals surface area (Å²) >= 11 is 8.17. The fraction of sp³-hybridized carbons (Fsp3) is 0.357. The predicted molar refractivity (Wildman–Crippen MR) is 155 cm³/mol. The van der Waals surface area contributed by atoms with Gasteiger partial charge in [-0.15, -0.1) is 0 Å². The van der Waals surface area contributed by atoms with Gasteiger partial charge in [-0.2, -0.15) is 0 Å². The maximum Gasteiger partial charge on any atom is 0.259 e. The number of halogens is 2. The van der Waals surface area contributed by atoms with Crippen LogP contribution in [0.25, 0.3) is 0 Å². The minimum absolute atomic E-state index is 0.0449. The zero-order valence-corrected chi connectivity index (χ0v) is 23.8. The zero-order chi connectivity index (χ0) is 27.8. The second-order valence-corrected chi connectivity index (χ2v) is 11.4. The van der Waals surface area contributed by atoms with Gasteiger partial charge in [0.1, 0.15) is 28.0 Å². The molecule has 0 bridgehead atoms. The van der Waals surface area contributed by atoms with Crippen molar-refractivity contribution in [2.75, 3.05) is 17.1 Å². The van der Waals surface area contributed by atoms with Gasteiger partial charge in [0.2, 0.25) is 0 Å². The smallest absolute Gasteiger partial charge is 0.259 e. The summed E-state index contributed by atoms with van der Waals surface area (Å²) in [6.07, 6.45) is 4.07. The number of benzene rings is 2. The second-order valence-electron chi connectivity index (χ2n) is 10.1. The molecule has 0 aliphatic heterocycles. The highest BCUT2D eigenvalue weighted by atomic mass is 35.5. The Morgan fingerprint density at radius 2 is 1.90 bits per heavy atom. The van der Waals surface area contributed by atoms with E-state index < -0.39 is 17.3 Å². The standard InChI is InChI=1S/C28H31ClFN5O3S/c1-15-8-13-20(19(30)14-15)32-26-23(27(36)31-17-9-10-17)25(16(2)28(37)34(26)3)38-22-7-5-6-21(24(22)29)33-39-35(4)18-11-12-18/h5-8,13-14,17-18,32-33H,9-12H2,1-4H3,(H,31,36). The molecule has 2 saturated carbocycles. The van der Waals surface area contributed by atoms with Gasteiger partial charge in [0.05, 0.1) is 16.9 Å². The van der Waals surface area contributed by atoms with Crippen LogP contribution in [-0.2, 0) is 7.05 Å². The lowest BCUT2D eigenvalue weighted by molar-refractivity contribution is 0.0948. The van der Waals surface area contributed by atoms with Crippen molar-refractivity contribution in [3.63, 3.8) is 0 Å². The van der Waals surface area contributed by atoms with Gasteiger partial charge in [0.15, 0.2) is 5.75 Å². The van der Waals surface area contributed by atoms with Gasteiger partial charge >= 0.3 is 0 Å². The first kappa shape index (κ1) is 27.4. The second kappa shape index (κ2) is 11.1. The summed E-state index contributed by atoms with van der Waals surface area (Å²) < 4.78 is 27.8. The summed E-state index contributed by atoms with van der Waals surface area (Å²) in [5.41, 5.74) is 1.44. The lowest BCUT2D eigenvalue weighted by atomic mass is 10.1. The van der Waals surface area contributed by atoms with Crippen LogP contribution in [0.2, 0.25) is 5.02 Å². The molecular weight excluding hydrogens is 541 g/mol. The molecule has 1 aromatic heterocycles. The van der Waals surface area contributed by atoms with E-state index in [2.05, 4.69) is 19.7 Å². The maximum atomic E-state index is 14.8. The van der Waals surface area contributed by atoms with Gasteiger partial charge in [-0.25, -0.2) is 8.70 Å². The Kier molecular flexibility index (Phi) is 7.80. The van der Waals surface area contributed by atoms with Crippen molar-refractivity contribution >= 4 is 46.8 Å². The highest BCUT2D eigenvalue weighted by Crippen LogP contribution is 2.41. The van der Waals surface area contributed by atoms with Crippen molar-refractivity contribution in [1.82, 2.24) is 14.2 Å². The molecule has 2 aromatic carbocycles. The Morgan fingerprint density at radius 1 is 1.15 bits per heavy atom. The Bertz CT molecular complexity index is 1490. The van der Waals surface area contributed by atoms with E-state index in [1.165, 1.54) is 42.7 Å². The Labute approximate surface area is 236 Å². The molecule has 5 rings (SSSR count). The van der Waals surface area contributed by atoms with E-state index >= 15 is 0 Å². The van der Waals surface area contributed by atoms with Crippen molar-refractivity contribution in [1.29, 1.82) is 0 Å². The van der Waals surface area contributed by atoms with Crippen LogP contribution in [0.5, 0.6) is 11.5 Å². The number of anilines is 3. The molecule has 3 aromatic rings. The average molecular weight is 572 g/mol. The molecule has 0 spiro atoms. The largest absolute Gasteiger partial charge is 0.454 e. The fourth-order valence-electron chi connectivity index (χ4n) is 4.14. The van der Waals surface area contributed by atoms with Crippen LogP contribution in [0, 0.1) is 19.7 Å². The molecular formula is C28H31ClFN5O3S. The molecule has 0 radical (unpaired) electrons. The third-order valence-electron chi connectivity index (χ3n) is 6.82. The van der Waals surface area contributed by atoms with Gasteiger partial charge in [-0.05, 0) is 76.4 Å². The first-order chi connectivity index (χ1) is 18.6. The first-order valence-corrected chi connectivity index (χ1v) is 14.0. The summed E-state index contributed by atoms with van der Waals surface area (Å²) in [4.78, 5) is 26.9. The summed E-state index contributed by atoms with van der Waals surface area (Å²) in [7, 11) is 3.55. The van der Waals surface area contributed by atoms with Gasteiger partial charge in [-0.3, -0.25) is 14.2 Å². The molecule has 0 saturated heterocycles. The lowest BCUT2D eigenvalue weighted by Crippen LogP contribution is -2.31. The zero-order valence-electron chi connectivity index (χ0n) is 22.2. The Hall–Kier alpha value is -3.21. The van der Waals surface area contributed by atoms with Crippen LogP contribution < -0.4 is 25.7 Å². The number of amides is 1. The van der Waals surface area contributed by atoms with E-state index in [1.807, 2.05) is 13.1 Å². The number of carbonyl (C=O) groups is 1. The van der Waals surface area contributed by atoms with Gasteiger partial charge in [0, 0.05) is 31.3 Å². The number of ether oxygens (including phenoxy) is 1. The van der Waals surface area contributed by atoms with Crippen molar-refractivity contribution in [3.05, 3.63) is 74.3 Å². The maximum absolute atomic E-state index is 14.8. The first-order valence-electron chi connectivity index (χ1n) is 12.8. The molecule has 8 nitrogen and oxygen atoms in total. The van der Waals surface area contributed by atoms with Crippen LogP contribution in [0.1, 0.15) is 47.2 Å². The minimum Gasteiger partial charge on any atom is -0.454 e. The molecule has 2 aliphatic rings. The third kappa shape index (κ3) is 6.03. The Balaban J connectivity index is 1.56. The highest BCUT2D eigenvalue weighted by Gasteiger charge is 2.31. The normalized spacial score (nSPS) is 14.8. The van der Waals surface area contributed by atoms with Crippen LogP contribution in [-0.4, -0.2) is 33.9 Å². The summed E-state index contributed by atoms with van der Waals surface area (Å²) in [6, 6.07) is 10.6. The highest BCUT2D eigenvalue weighted by molar-refractivity contribution is 7.98. The molecule has 1 amide bonds. The number of hydrogen-bond donors (Lipinski definition) is 3. The van der Waals surface area contributed by atoms with Crippen LogP contribution in [0.15, 0.2) is 41.2 Å². The number of nitrogens with zero attached hydrogens (tertiary/aromatic N) is 2. The summed E-state index contributed by atoms with van der Waals surface area (Å²) in [6.45, 7) is 3.38. The number of aromatic nitrogens is 1. The van der Waals surface area contributed by atoms with Crippen molar-refractivity contribution in [2.45, 2.75) is 51.6 Å². The predicted octanol–water partition coefficient (Wildman–Crippen LogP) is 6.29. The summed E-state index contributed by atoms with van der Waals surface area (Å²) in [5, 5.41) is 6.25. The lowest BCUT2D eigenvalue weighted by Gasteiger charge is -2.22. The van der Waals surface area contributed by atoms with E-state index in [-0.39, 0.29) is 40.2 Å². The van der Waals surface area contributed by atoms with Gasteiger partial charge in [0.25, 0.3) is 11.5 Å². The molecule has 2 fully saturated rings. The fourth-order valence-corrected chi connectivity index (χ4v) is 5.18. The minimum atomic E-state index is -0.505. The van der Waals surface area contributed by atoms with E-state index in [0.29, 0.717) is 16.8 Å². The molecule has 0 unspecified atom stereocenters. The topological polar surface area (TPSA) is 87.6 Å². The van der Waals surface area contributed by atoms with Crippen molar-refractivity contribution in [3.8, 4) is 11.5 Å². The molecule has 1 heterocycles. The molecule has 206 valence electrons. The average Bonchev–Trinajstić information content (AvgIpc) is 3.82. The number of nitrogens with one attached hydrogen (secondary N) is 3. The number of pyridine rings is 1. The van der Waals surface area contributed by atoms with Gasteiger partial charge in [-0.1, -0.05) is 23.7 Å². The molecule has 11 heteroatoms. The van der Waals surface area contributed by atoms with Crippen molar-refractivity contribution < 1.29 is 13.9 Å². The Morgan fingerprint density at radius 3 is 2.56 bits per heavy atom. The number of aryl methyl sites for hydroxylation is 1. The van der Waals surface area contributed by atoms with E-state index in [1.54, 1.807) is 38.1 Å². The number of rotatable bonds is 10. The van der Waals surface area contributed by atoms with E-state index in [0.717, 1.165) is 18.4 Å². The van der Waals surface area contributed by atoms with Gasteiger partial charge < -0.3 is 20.1 Å². The van der Waals surface area contributed by atoms with Crippen LogP contribution >= 0.6 is 23.7 Å². The monoisotopic (exact) mass is 571 g/mol. The van der Waals surface area contributed by atoms with E-state index in [4.69, 9.17) is 16.3 Å². The third-order valence-corrected chi connectivity index (χ3v) is 8.11. The van der Waals surface area contributed by atoms with Crippen molar-refractivity contribution in [2.24, 2.45) is 7.05 Å². The number of carbonyl (C=O) groups excluding carboxylic acids is 1. The van der Waals surface area contributed by atoms with Crippen LogP contribution in [0.3, 0.4) is 0 Å².